The summed E-state index contributed by atoms with van der Waals surface area (Å²) in [6.07, 6.45) is 2.16. The number of nitrogens with zero attached hydrogens (tertiary/aromatic N) is 1. The maximum atomic E-state index is 12.6. The number of hydrogen-bond donors (Lipinski definition) is 2. The van der Waals surface area contributed by atoms with Gasteiger partial charge in [-0.05, 0) is 43.0 Å². The van der Waals surface area contributed by atoms with Crippen LogP contribution in [0.1, 0.15) is 32.3 Å². The highest BCUT2D eigenvalue weighted by atomic mass is 32.2. The molecule has 1 atom stereocenters. The van der Waals surface area contributed by atoms with Gasteiger partial charge in [0, 0.05) is 12.6 Å². The van der Waals surface area contributed by atoms with Crippen LogP contribution in [0.5, 0.6) is 5.75 Å². The fourth-order valence-electron chi connectivity index (χ4n) is 2.85. The van der Waals surface area contributed by atoms with Crippen molar-refractivity contribution in [3.8, 4) is 11.8 Å². The van der Waals surface area contributed by atoms with Crippen LogP contribution in [0.3, 0.4) is 0 Å². The quantitative estimate of drug-likeness (QED) is 0.852. The molecule has 0 bridgehead atoms. The van der Waals surface area contributed by atoms with Crippen molar-refractivity contribution in [2.45, 2.75) is 37.6 Å². The Balaban J connectivity index is 2.18. The third-order valence-electron chi connectivity index (χ3n) is 4.39. The van der Waals surface area contributed by atoms with Crippen molar-refractivity contribution in [1.82, 2.24) is 10.0 Å². The molecule has 6 nitrogen and oxygen atoms in total. The minimum absolute atomic E-state index is 0.0372. The average Bonchev–Trinajstić information content (AvgIpc) is 2.52. The number of methoxy groups -OCH3 is 1. The summed E-state index contributed by atoms with van der Waals surface area (Å²) in [6.45, 7) is 5.50. The zero-order chi connectivity index (χ0) is 17.1. The molecular formula is C16H23N3O3S. The van der Waals surface area contributed by atoms with Crippen LogP contribution >= 0.6 is 0 Å². The number of hydrogen-bond acceptors (Lipinski definition) is 5. The number of piperidine rings is 1. The molecule has 1 saturated heterocycles. The monoisotopic (exact) mass is 337 g/mol. The van der Waals surface area contributed by atoms with Gasteiger partial charge in [-0.3, -0.25) is 0 Å². The van der Waals surface area contributed by atoms with Crippen molar-refractivity contribution in [3.05, 3.63) is 23.8 Å². The predicted octanol–water partition coefficient (Wildman–Crippen LogP) is 1.62. The van der Waals surface area contributed by atoms with E-state index in [0.29, 0.717) is 12.1 Å². The van der Waals surface area contributed by atoms with E-state index in [4.69, 9.17) is 10.00 Å². The molecule has 23 heavy (non-hydrogen) atoms. The Morgan fingerprint density at radius 3 is 2.83 bits per heavy atom. The average molecular weight is 337 g/mol. The second-order valence-electron chi connectivity index (χ2n) is 6.43. The number of sulfonamides is 1. The highest BCUT2D eigenvalue weighted by Gasteiger charge is 2.33. The summed E-state index contributed by atoms with van der Waals surface area (Å²) in [6, 6.07) is 6.35. The number of nitriles is 1. The molecule has 1 aliphatic rings. The van der Waals surface area contributed by atoms with E-state index in [1.165, 1.54) is 25.3 Å². The minimum Gasteiger partial charge on any atom is -0.495 e. The van der Waals surface area contributed by atoms with Gasteiger partial charge >= 0.3 is 0 Å². The Bertz CT molecular complexity index is 708. The first kappa shape index (κ1) is 17.7. The van der Waals surface area contributed by atoms with Crippen molar-refractivity contribution >= 4 is 10.0 Å². The van der Waals surface area contributed by atoms with Crippen molar-refractivity contribution in [3.63, 3.8) is 0 Å². The molecule has 1 aliphatic heterocycles. The van der Waals surface area contributed by atoms with Gasteiger partial charge in [0.1, 0.15) is 10.6 Å². The maximum Gasteiger partial charge on any atom is 0.244 e. The summed E-state index contributed by atoms with van der Waals surface area (Å²) in [5.41, 5.74) is 0.395. The summed E-state index contributed by atoms with van der Waals surface area (Å²) in [5, 5.41) is 12.3. The third-order valence-corrected chi connectivity index (χ3v) is 5.85. The van der Waals surface area contributed by atoms with E-state index in [-0.39, 0.29) is 22.1 Å². The van der Waals surface area contributed by atoms with Crippen molar-refractivity contribution in [1.29, 1.82) is 5.26 Å². The van der Waals surface area contributed by atoms with Gasteiger partial charge in [-0.25, -0.2) is 13.1 Å². The van der Waals surface area contributed by atoms with E-state index in [1.807, 2.05) is 6.07 Å². The summed E-state index contributed by atoms with van der Waals surface area (Å²) in [7, 11) is -2.31. The Morgan fingerprint density at radius 1 is 1.48 bits per heavy atom. The van der Waals surface area contributed by atoms with Crippen LogP contribution < -0.4 is 14.8 Å². The molecule has 2 rings (SSSR count). The fourth-order valence-corrected chi connectivity index (χ4v) is 4.05. The predicted molar refractivity (Wildman–Crippen MR) is 87.7 cm³/mol. The molecular weight excluding hydrogens is 314 g/mol. The maximum absolute atomic E-state index is 12.6. The van der Waals surface area contributed by atoms with Gasteiger partial charge < -0.3 is 10.1 Å². The SMILES string of the molecule is COc1cc(C#N)ccc1S(=O)(=O)NCC1NCCCC1(C)C. The summed E-state index contributed by atoms with van der Waals surface area (Å²) in [5.74, 6) is 0.174. The second kappa shape index (κ2) is 6.87. The standard InChI is InChI=1S/C16H23N3O3S/c1-16(2)7-4-8-18-15(16)11-19-23(20,21)14-6-5-12(10-17)9-13(14)22-3/h5-6,9,15,18-19H,4,7-8,11H2,1-3H3. The lowest BCUT2D eigenvalue weighted by Crippen LogP contribution is -2.52. The Kier molecular flexibility index (Phi) is 5.30. The van der Waals surface area contributed by atoms with E-state index in [1.54, 1.807) is 0 Å². The first-order valence-corrected chi connectivity index (χ1v) is 9.10. The molecule has 0 saturated carbocycles. The van der Waals surface area contributed by atoms with Crippen LogP contribution in [-0.2, 0) is 10.0 Å². The van der Waals surface area contributed by atoms with Gasteiger partial charge in [0.2, 0.25) is 10.0 Å². The zero-order valence-electron chi connectivity index (χ0n) is 13.7. The van der Waals surface area contributed by atoms with Crippen molar-refractivity contribution in [2.75, 3.05) is 20.2 Å². The Hall–Kier alpha value is -1.62. The highest BCUT2D eigenvalue weighted by molar-refractivity contribution is 7.89. The number of benzene rings is 1. The molecule has 0 radical (unpaired) electrons. The summed E-state index contributed by atoms with van der Waals surface area (Å²) < 4.78 is 32.9. The molecule has 1 aromatic rings. The summed E-state index contributed by atoms with van der Waals surface area (Å²) >= 11 is 0. The van der Waals surface area contributed by atoms with Gasteiger partial charge in [-0.1, -0.05) is 13.8 Å². The smallest absolute Gasteiger partial charge is 0.244 e. The van der Waals surface area contributed by atoms with E-state index >= 15 is 0 Å². The second-order valence-corrected chi connectivity index (χ2v) is 8.16. The van der Waals surface area contributed by atoms with Crippen LogP contribution in [0.15, 0.2) is 23.1 Å². The van der Waals surface area contributed by atoms with Crippen LogP contribution in [0.25, 0.3) is 0 Å². The summed E-state index contributed by atoms with van der Waals surface area (Å²) in [4.78, 5) is 0.0487. The highest BCUT2D eigenvalue weighted by Crippen LogP contribution is 2.30. The van der Waals surface area contributed by atoms with E-state index in [9.17, 15) is 8.42 Å². The third kappa shape index (κ3) is 4.02. The topological polar surface area (TPSA) is 91.2 Å². The van der Waals surface area contributed by atoms with Gasteiger partial charge in [0.15, 0.2) is 0 Å². The van der Waals surface area contributed by atoms with Crippen LogP contribution in [0.4, 0.5) is 0 Å². The van der Waals surface area contributed by atoms with Crippen LogP contribution in [-0.4, -0.2) is 34.7 Å². The fraction of sp³-hybridized carbons (Fsp3) is 0.562. The first-order chi connectivity index (χ1) is 10.8. The lowest BCUT2D eigenvalue weighted by atomic mass is 9.78. The molecule has 2 N–H and O–H groups in total. The molecule has 7 heteroatoms. The van der Waals surface area contributed by atoms with Crippen LogP contribution in [0.2, 0.25) is 0 Å². The molecule has 0 aromatic heterocycles. The number of ether oxygens (including phenoxy) is 1. The number of rotatable bonds is 5. The lowest BCUT2D eigenvalue weighted by Gasteiger charge is -2.39. The van der Waals surface area contributed by atoms with E-state index in [2.05, 4.69) is 23.9 Å². The molecule has 0 amide bonds. The molecule has 1 unspecified atom stereocenters. The molecule has 126 valence electrons. The minimum atomic E-state index is -3.70. The van der Waals surface area contributed by atoms with Gasteiger partial charge in [0.25, 0.3) is 0 Å². The van der Waals surface area contributed by atoms with Gasteiger partial charge in [-0.15, -0.1) is 0 Å². The van der Waals surface area contributed by atoms with E-state index < -0.39 is 10.0 Å². The number of nitrogens with one attached hydrogen (secondary N) is 2. The van der Waals surface area contributed by atoms with Crippen molar-refractivity contribution in [2.24, 2.45) is 5.41 Å². The Morgan fingerprint density at radius 2 is 2.22 bits per heavy atom. The molecule has 1 aromatic carbocycles. The van der Waals surface area contributed by atoms with Crippen molar-refractivity contribution < 1.29 is 13.2 Å². The van der Waals surface area contributed by atoms with Crippen LogP contribution in [0, 0.1) is 16.7 Å². The first-order valence-electron chi connectivity index (χ1n) is 7.61. The Labute approximate surface area is 137 Å². The van der Waals surface area contributed by atoms with E-state index in [0.717, 1.165) is 19.4 Å². The van der Waals surface area contributed by atoms with Gasteiger partial charge in [-0.2, -0.15) is 5.26 Å². The normalized spacial score (nSPS) is 20.7. The molecule has 1 fully saturated rings. The molecule has 0 aliphatic carbocycles. The van der Waals surface area contributed by atoms with Gasteiger partial charge in [0.05, 0.1) is 18.7 Å². The molecule has 1 heterocycles. The zero-order valence-corrected chi connectivity index (χ0v) is 14.5. The largest absolute Gasteiger partial charge is 0.495 e. The lowest BCUT2D eigenvalue weighted by molar-refractivity contribution is 0.181. The molecule has 0 spiro atoms.